The Balaban J connectivity index is 1.79. The summed E-state index contributed by atoms with van der Waals surface area (Å²) in [5, 5.41) is 6.65. The Morgan fingerprint density at radius 1 is 0.960 bits per heavy atom. The molecule has 2 heterocycles. The van der Waals surface area contributed by atoms with Gasteiger partial charge in [0, 0.05) is 10.8 Å². The number of amides is 1. The van der Waals surface area contributed by atoms with Crippen molar-refractivity contribution in [1.29, 1.82) is 0 Å². The molecule has 2 aliphatic heterocycles. The number of carbonyl (C=O) groups excluding carboxylic acids is 1. The molecule has 2 atom stereocenters. The fourth-order valence-electron chi connectivity index (χ4n) is 3.84. The van der Waals surface area contributed by atoms with Crippen molar-refractivity contribution in [3.05, 3.63) is 81.5 Å². The molecule has 4 heteroatoms. The maximum absolute atomic E-state index is 11.9. The first-order valence-corrected chi connectivity index (χ1v) is 9.66. The maximum atomic E-state index is 11.9. The quantitative estimate of drug-likeness (QED) is 0.855. The van der Waals surface area contributed by atoms with Crippen molar-refractivity contribution in [3.8, 4) is 0 Å². The fourth-order valence-corrected chi connectivity index (χ4v) is 4.88. The average molecular weight is 350 g/mol. The number of allylic oxidation sites excluding steroid dienone is 1. The van der Waals surface area contributed by atoms with E-state index in [4.69, 9.17) is 0 Å². The molecule has 0 bridgehead atoms. The van der Waals surface area contributed by atoms with E-state index in [0.717, 1.165) is 12.2 Å². The first kappa shape index (κ1) is 16.3. The van der Waals surface area contributed by atoms with Gasteiger partial charge in [-0.15, -0.1) is 11.8 Å². The average Bonchev–Trinajstić information content (AvgIpc) is 2.61. The lowest BCUT2D eigenvalue weighted by molar-refractivity contribution is -0.118. The number of hydrogen-bond acceptors (Lipinski definition) is 3. The molecule has 2 aromatic carbocycles. The molecular formula is C21H22N2OS. The number of rotatable bonds is 2. The summed E-state index contributed by atoms with van der Waals surface area (Å²) >= 11 is 1.67. The Hall–Kier alpha value is -2.20. The highest BCUT2D eigenvalue weighted by Gasteiger charge is 2.35. The minimum atomic E-state index is 0.0743. The standard InChI is InChI=1S/C21H22N2OS/c1-13-7-3-5-9-15(13)17-11-18(16-10-6-4-8-14(16)2)22-21-20(17)25-12-19(24)23-21/h3-10,17-18,22H,11-12H2,1-2H3,(H,23,24)/t17-,18+/m1/s1. The predicted octanol–water partition coefficient (Wildman–Crippen LogP) is 4.15. The van der Waals surface area contributed by atoms with Crippen molar-refractivity contribution in [3.63, 3.8) is 0 Å². The minimum Gasteiger partial charge on any atom is -0.364 e. The molecule has 0 aromatic heterocycles. The van der Waals surface area contributed by atoms with Gasteiger partial charge in [0.2, 0.25) is 5.91 Å². The second-order valence-electron chi connectivity index (χ2n) is 6.77. The summed E-state index contributed by atoms with van der Waals surface area (Å²) in [7, 11) is 0. The van der Waals surface area contributed by atoms with Gasteiger partial charge in [-0.1, -0.05) is 48.5 Å². The lowest BCUT2D eigenvalue weighted by atomic mass is 9.83. The predicted molar refractivity (Wildman–Crippen MR) is 103 cm³/mol. The van der Waals surface area contributed by atoms with E-state index >= 15 is 0 Å². The van der Waals surface area contributed by atoms with Gasteiger partial charge in [0.1, 0.15) is 5.82 Å². The first-order valence-electron chi connectivity index (χ1n) is 8.68. The number of carbonyl (C=O) groups is 1. The maximum Gasteiger partial charge on any atom is 0.235 e. The summed E-state index contributed by atoms with van der Waals surface area (Å²) in [5.41, 5.74) is 5.25. The van der Waals surface area contributed by atoms with E-state index in [-0.39, 0.29) is 11.9 Å². The Bertz CT molecular complexity index is 858. The van der Waals surface area contributed by atoms with E-state index in [9.17, 15) is 4.79 Å². The second-order valence-corrected chi connectivity index (χ2v) is 7.79. The number of aryl methyl sites for hydroxylation is 2. The summed E-state index contributed by atoms with van der Waals surface area (Å²) in [6, 6.07) is 17.3. The molecule has 0 aliphatic carbocycles. The molecule has 0 unspecified atom stereocenters. The Morgan fingerprint density at radius 2 is 1.60 bits per heavy atom. The highest BCUT2D eigenvalue weighted by Crippen LogP contribution is 2.46. The van der Waals surface area contributed by atoms with Gasteiger partial charge in [-0.05, 0) is 42.5 Å². The molecule has 0 radical (unpaired) electrons. The Morgan fingerprint density at radius 3 is 2.28 bits per heavy atom. The van der Waals surface area contributed by atoms with Crippen LogP contribution >= 0.6 is 11.8 Å². The smallest absolute Gasteiger partial charge is 0.235 e. The van der Waals surface area contributed by atoms with Crippen LogP contribution in [0.3, 0.4) is 0 Å². The van der Waals surface area contributed by atoms with Crippen molar-refractivity contribution in [2.45, 2.75) is 32.2 Å². The molecule has 4 rings (SSSR count). The van der Waals surface area contributed by atoms with Gasteiger partial charge in [-0.2, -0.15) is 0 Å². The molecule has 128 valence electrons. The van der Waals surface area contributed by atoms with Gasteiger partial charge in [-0.25, -0.2) is 0 Å². The zero-order chi connectivity index (χ0) is 17.4. The monoisotopic (exact) mass is 350 g/mol. The number of thioether (sulfide) groups is 1. The second kappa shape index (κ2) is 6.60. The van der Waals surface area contributed by atoms with Crippen molar-refractivity contribution in [1.82, 2.24) is 10.6 Å². The molecule has 0 saturated heterocycles. The lowest BCUT2D eigenvalue weighted by Crippen LogP contribution is -2.42. The van der Waals surface area contributed by atoms with Crippen LogP contribution in [0.5, 0.6) is 0 Å². The number of nitrogens with one attached hydrogen (secondary N) is 2. The highest BCUT2D eigenvalue weighted by molar-refractivity contribution is 8.03. The molecule has 2 aliphatic rings. The van der Waals surface area contributed by atoms with Gasteiger partial charge in [0.25, 0.3) is 0 Å². The zero-order valence-electron chi connectivity index (χ0n) is 14.5. The molecule has 1 amide bonds. The molecule has 0 spiro atoms. The van der Waals surface area contributed by atoms with E-state index in [1.54, 1.807) is 11.8 Å². The van der Waals surface area contributed by atoms with Crippen LogP contribution in [-0.4, -0.2) is 11.7 Å². The van der Waals surface area contributed by atoms with Gasteiger partial charge in [-0.3, -0.25) is 4.79 Å². The molecule has 2 N–H and O–H groups in total. The first-order chi connectivity index (χ1) is 12.1. The largest absolute Gasteiger partial charge is 0.364 e. The number of hydrogen-bond donors (Lipinski definition) is 2. The van der Waals surface area contributed by atoms with Crippen molar-refractivity contribution < 1.29 is 4.79 Å². The van der Waals surface area contributed by atoms with Crippen LogP contribution in [0.15, 0.2) is 59.3 Å². The molecule has 25 heavy (non-hydrogen) atoms. The van der Waals surface area contributed by atoms with Crippen molar-refractivity contribution in [2.24, 2.45) is 0 Å². The summed E-state index contributed by atoms with van der Waals surface area (Å²) in [6.45, 7) is 4.32. The molecule has 0 saturated carbocycles. The Labute approximate surface area is 152 Å². The third-order valence-electron chi connectivity index (χ3n) is 5.10. The van der Waals surface area contributed by atoms with Crippen LogP contribution in [0.4, 0.5) is 0 Å². The molecule has 0 fully saturated rings. The van der Waals surface area contributed by atoms with Gasteiger partial charge < -0.3 is 10.6 Å². The van der Waals surface area contributed by atoms with Crippen LogP contribution in [0.25, 0.3) is 0 Å². The van der Waals surface area contributed by atoms with Crippen LogP contribution in [0.2, 0.25) is 0 Å². The normalized spacial score (nSPS) is 22.9. The van der Waals surface area contributed by atoms with Crippen LogP contribution in [-0.2, 0) is 4.79 Å². The van der Waals surface area contributed by atoms with E-state index in [1.165, 1.54) is 27.2 Å². The van der Waals surface area contributed by atoms with Gasteiger partial charge >= 0.3 is 0 Å². The molecule has 2 aromatic rings. The lowest BCUT2D eigenvalue weighted by Gasteiger charge is -2.38. The van der Waals surface area contributed by atoms with Crippen LogP contribution in [0.1, 0.15) is 40.6 Å². The summed E-state index contributed by atoms with van der Waals surface area (Å²) in [5.74, 6) is 1.78. The minimum absolute atomic E-state index is 0.0743. The number of benzene rings is 2. The summed E-state index contributed by atoms with van der Waals surface area (Å²) in [4.78, 5) is 13.2. The van der Waals surface area contributed by atoms with E-state index in [2.05, 4.69) is 73.0 Å². The van der Waals surface area contributed by atoms with Crippen LogP contribution in [0, 0.1) is 13.8 Å². The Kier molecular flexibility index (Phi) is 4.30. The third-order valence-corrected chi connectivity index (χ3v) is 6.31. The van der Waals surface area contributed by atoms with Crippen LogP contribution < -0.4 is 10.6 Å². The third kappa shape index (κ3) is 3.07. The van der Waals surface area contributed by atoms with Gasteiger partial charge in [0.05, 0.1) is 11.8 Å². The molecule has 3 nitrogen and oxygen atoms in total. The topological polar surface area (TPSA) is 41.1 Å². The fraction of sp³-hybridized carbons (Fsp3) is 0.286. The van der Waals surface area contributed by atoms with Crippen molar-refractivity contribution >= 4 is 17.7 Å². The zero-order valence-corrected chi connectivity index (χ0v) is 15.3. The van der Waals surface area contributed by atoms with Gasteiger partial charge in [0.15, 0.2) is 0 Å². The molecular weight excluding hydrogens is 328 g/mol. The SMILES string of the molecule is Cc1ccccc1[C@@H]1C[C@H](c2ccccc2C)C2=C(NC(=O)CS2)N1. The van der Waals surface area contributed by atoms with Crippen molar-refractivity contribution in [2.75, 3.05) is 5.75 Å². The van der Waals surface area contributed by atoms with E-state index in [0.29, 0.717) is 11.7 Å². The van der Waals surface area contributed by atoms with E-state index < -0.39 is 0 Å². The summed E-state index contributed by atoms with van der Waals surface area (Å²) < 4.78 is 0. The van der Waals surface area contributed by atoms with E-state index in [1.807, 2.05) is 0 Å². The highest BCUT2D eigenvalue weighted by atomic mass is 32.2. The summed E-state index contributed by atoms with van der Waals surface area (Å²) in [6.07, 6.45) is 0.997.